The first-order valence-electron chi connectivity index (χ1n) is 5.81. The predicted octanol–water partition coefficient (Wildman–Crippen LogP) is 1.09. The number of methoxy groups -OCH3 is 1. The van der Waals surface area contributed by atoms with Crippen molar-refractivity contribution in [3.63, 3.8) is 0 Å². The number of sulfonamides is 1. The van der Waals surface area contributed by atoms with Gasteiger partial charge in [0.15, 0.2) is 0 Å². The molecule has 0 aliphatic heterocycles. The summed E-state index contributed by atoms with van der Waals surface area (Å²) in [5.41, 5.74) is 0. The molecular weight excluding hydrogens is 254 g/mol. The highest BCUT2D eigenvalue weighted by Crippen LogP contribution is 2.19. The van der Waals surface area contributed by atoms with Gasteiger partial charge >= 0.3 is 0 Å². The average Bonchev–Trinajstić information content (AvgIpc) is 2.39. The van der Waals surface area contributed by atoms with E-state index in [0.29, 0.717) is 25.3 Å². The molecule has 5 nitrogen and oxygen atoms in total. The third-order valence-corrected chi connectivity index (χ3v) is 4.60. The van der Waals surface area contributed by atoms with Gasteiger partial charge in [-0.05, 0) is 30.7 Å². The first kappa shape index (κ1) is 14.9. The van der Waals surface area contributed by atoms with Crippen molar-refractivity contribution in [2.45, 2.75) is 18.2 Å². The molecule has 1 aromatic rings. The number of nitrogens with zero attached hydrogens (tertiary/aromatic N) is 1. The van der Waals surface area contributed by atoms with Crippen molar-refractivity contribution in [1.82, 2.24) is 4.31 Å². The van der Waals surface area contributed by atoms with Crippen LogP contribution in [0.2, 0.25) is 0 Å². The molecule has 0 unspecified atom stereocenters. The zero-order chi connectivity index (χ0) is 13.6. The lowest BCUT2D eigenvalue weighted by molar-refractivity contribution is 0.271. The molecule has 0 saturated heterocycles. The molecule has 0 heterocycles. The maximum Gasteiger partial charge on any atom is 0.243 e. The molecule has 0 saturated carbocycles. The second-order valence-corrected chi connectivity index (χ2v) is 5.69. The van der Waals surface area contributed by atoms with Crippen molar-refractivity contribution >= 4 is 10.0 Å². The Balaban J connectivity index is 2.95. The van der Waals surface area contributed by atoms with Crippen LogP contribution < -0.4 is 4.74 Å². The van der Waals surface area contributed by atoms with Gasteiger partial charge in [-0.3, -0.25) is 0 Å². The van der Waals surface area contributed by atoms with Gasteiger partial charge in [0, 0.05) is 19.7 Å². The zero-order valence-electron chi connectivity index (χ0n) is 10.7. The lowest BCUT2D eigenvalue weighted by Gasteiger charge is -2.20. The predicted molar refractivity (Wildman–Crippen MR) is 69.1 cm³/mol. The Kier molecular flexibility index (Phi) is 5.58. The van der Waals surface area contributed by atoms with E-state index in [9.17, 15) is 8.42 Å². The van der Waals surface area contributed by atoms with E-state index in [1.807, 2.05) is 0 Å². The van der Waals surface area contributed by atoms with E-state index in [1.165, 1.54) is 23.5 Å². The molecule has 18 heavy (non-hydrogen) atoms. The van der Waals surface area contributed by atoms with Gasteiger partial charge in [-0.2, -0.15) is 4.31 Å². The summed E-state index contributed by atoms with van der Waals surface area (Å²) in [6.07, 6.45) is 0.434. The highest BCUT2D eigenvalue weighted by Gasteiger charge is 2.22. The van der Waals surface area contributed by atoms with Gasteiger partial charge in [0.25, 0.3) is 0 Å². The monoisotopic (exact) mass is 273 g/mol. The van der Waals surface area contributed by atoms with Crippen LogP contribution in [0.5, 0.6) is 5.75 Å². The largest absolute Gasteiger partial charge is 0.497 e. The summed E-state index contributed by atoms with van der Waals surface area (Å²) in [4.78, 5) is 0.239. The molecule has 0 amide bonds. The van der Waals surface area contributed by atoms with E-state index in [2.05, 4.69) is 0 Å². The fourth-order valence-corrected chi connectivity index (χ4v) is 3.08. The maximum atomic E-state index is 12.3. The summed E-state index contributed by atoms with van der Waals surface area (Å²) in [7, 11) is -1.95. The van der Waals surface area contributed by atoms with Gasteiger partial charge < -0.3 is 9.84 Å². The Morgan fingerprint density at radius 1 is 1.28 bits per heavy atom. The quantitative estimate of drug-likeness (QED) is 0.807. The van der Waals surface area contributed by atoms with E-state index >= 15 is 0 Å². The molecule has 1 rings (SSSR count). The Morgan fingerprint density at radius 2 is 1.89 bits per heavy atom. The Hall–Kier alpha value is -1.11. The molecule has 1 N–H and O–H groups in total. The summed E-state index contributed by atoms with van der Waals surface area (Å²) in [5, 5.41) is 8.78. The van der Waals surface area contributed by atoms with Crippen molar-refractivity contribution in [3.8, 4) is 5.75 Å². The minimum atomic E-state index is -3.48. The highest BCUT2D eigenvalue weighted by atomic mass is 32.2. The van der Waals surface area contributed by atoms with Crippen molar-refractivity contribution in [2.75, 3.05) is 26.8 Å². The molecule has 102 valence electrons. The van der Waals surface area contributed by atoms with Crippen molar-refractivity contribution in [3.05, 3.63) is 24.3 Å². The summed E-state index contributed by atoms with van der Waals surface area (Å²) < 4.78 is 30.9. The molecule has 0 atom stereocenters. The number of benzene rings is 1. The van der Waals surface area contributed by atoms with Crippen LogP contribution in [0.25, 0.3) is 0 Å². The molecule has 0 spiro atoms. The SMILES string of the molecule is CCN(CCCO)S(=O)(=O)c1ccc(OC)cc1. The first-order chi connectivity index (χ1) is 8.56. The van der Waals surface area contributed by atoms with Crippen LogP contribution >= 0.6 is 0 Å². The number of rotatable bonds is 7. The van der Waals surface area contributed by atoms with Crippen LogP contribution in [0.3, 0.4) is 0 Å². The van der Waals surface area contributed by atoms with Gasteiger partial charge in [0.05, 0.1) is 12.0 Å². The molecule has 0 aromatic heterocycles. The Morgan fingerprint density at radius 3 is 2.33 bits per heavy atom. The van der Waals surface area contributed by atoms with E-state index in [1.54, 1.807) is 19.1 Å². The van der Waals surface area contributed by atoms with Gasteiger partial charge in [-0.15, -0.1) is 0 Å². The second kappa shape index (κ2) is 6.72. The van der Waals surface area contributed by atoms with Crippen LogP contribution in [0, 0.1) is 0 Å². The fraction of sp³-hybridized carbons (Fsp3) is 0.500. The summed E-state index contributed by atoms with van der Waals surface area (Å²) >= 11 is 0. The normalized spacial score (nSPS) is 11.8. The lowest BCUT2D eigenvalue weighted by Crippen LogP contribution is -2.32. The fourth-order valence-electron chi connectivity index (χ4n) is 1.59. The number of aliphatic hydroxyl groups excluding tert-OH is 1. The maximum absolute atomic E-state index is 12.3. The van der Waals surface area contributed by atoms with E-state index in [0.717, 1.165) is 0 Å². The topological polar surface area (TPSA) is 66.8 Å². The van der Waals surface area contributed by atoms with Crippen LogP contribution in [0.4, 0.5) is 0 Å². The minimum Gasteiger partial charge on any atom is -0.497 e. The third kappa shape index (κ3) is 3.44. The van der Waals surface area contributed by atoms with Crippen LogP contribution in [-0.4, -0.2) is 44.6 Å². The smallest absolute Gasteiger partial charge is 0.243 e. The van der Waals surface area contributed by atoms with Gasteiger partial charge in [-0.25, -0.2) is 8.42 Å². The summed E-state index contributed by atoms with van der Waals surface area (Å²) in [6.45, 7) is 2.46. The Bertz CT molecular complexity index is 455. The number of hydrogen-bond donors (Lipinski definition) is 1. The molecule has 1 aromatic carbocycles. The molecule has 0 fully saturated rings. The first-order valence-corrected chi connectivity index (χ1v) is 7.25. The third-order valence-electron chi connectivity index (χ3n) is 2.62. The molecule has 0 aliphatic carbocycles. The second-order valence-electron chi connectivity index (χ2n) is 3.75. The summed E-state index contributed by atoms with van der Waals surface area (Å²) in [6, 6.07) is 6.28. The van der Waals surface area contributed by atoms with Gasteiger partial charge in [0.2, 0.25) is 10.0 Å². The van der Waals surface area contributed by atoms with Gasteiger partial charge in [-0.1, -0.05) is 6.92 Å². The van der Waals surface area contributed by atoms with Crippen molar-refractivity contribution in [1.29, 1.82) is 0 Å². The van der Waals surface area contributed by atoms with Crippen LogP contribution in [0.1, 0.15) is 13.3 Å². The zero-order valence-corrected chi connectivity index (χ0v) is 11.5. The van der Waals surface area contributed by atoms with Crippen LogP contribution in [-0.2, 0) is 10.0 Å². The number of ether oxygens (including phenoxy) is 1. The minimum absolute atomic E-state index is 0.0192. The summed E-state index contributed by atoms with van der Waals surface area (Å²) in [5.74, 6) is 0.618. The lowest BCUT2D eigenvalue weighted by atomic mass is 10.3. The standard InChI is InChI=1S/C12H19NO4S/c1-3-13(9-4-10-14)18(15,16)12-7-5-11(17-2)6-8-12/h5-8,14H,3-4,9-10H2,1-2H3. The average molecular weight is 273 g/mol. The molecule has 0 radical (unpaired) electrons. The molecule has 0 aliphatic rings. The van der Waals surface area contributed by atoms with Crippen molar-refractivity contribution < 1.29 is 18.3 Å². The van der Waals surface area contributed by atoms with Crippen molar-refractivity contribution in [2.24, 2.45) is 0 Å². The molecule has 0 bridgehead atoms. The van der Waals surface area contributed by atoms with E-state index in [-0.39, 0.29) is 11.5 Å². The van der Waals surface area contributed by atoms with Crippen LogP contribution in [0.15, 0.2) is 29.2 Å². The van der Waals surface area contributed by atoms with Gasteiger partial charge in [0.1, 0.15) is 5.75 Å². The Labute approximate surface area is 108 Å². The highest BCUT2D eigenvalue weighted by molar-refractivity contribution is 7.89. The number of aliphatic hydroxyl groups is 1. The molecular formula is C12H19NO4S. The van der Waals surface area contributed by atoms with E-state index < -0.39 is 10.0 Å². The van der Waals surface area contributed by atoms with E-state index in [4.69, 9.17) is 9.84 Å². The molecule has 6 heteroatoms. The number of hydrogen-bond acceptors (Lipinski definition) is 4.